The summed E-state index contributed by atoms with van der Waals surface area (Å²) >= 11 is 5.96. The molecule has 0 amide bonds. The van der Waals surface area contributed by atoms with Crippen LogP contribution in [0.5, 0.6) is 5.88 Å². The third-order valence-corrected chi connectivity index (χ3v) is 8.52. The summed E-state index contributed by atoms with van der Waals surface area (Å²) in [6.45, 7) is 5.46. The minimum atomic E-state index is -3.97. The summed E-state index contributed by atoms with van der Waals surface area (Å²) in [5.74, 6) is -0.0266. The highest BCUT2D eigenvalue weighted by atomic mass is 35.5. The van der Waals surface area contributed by atoms with Crippen molar-refractivity contribution in [3.63, 3.8) is 0 Å². The first-order chi connectivity index (χ1) is 17.4. The van der Waals surface area contributed by atoms with Crippen LogP contribution in [-0.4, -0.2) is 67.5 Å². The molecule has 36 heavy (non-hydrogen) atoms. The fourth-order valence-electron chi connectivity index (χ4n) is 4.69. The van der Waals surface area contributed by atoms with Crippen molar-refractivity contribution in [3.05, 3.63) is 65.4 Å². The van der Waals surface area contributed by atoms with E-state index in [9.17, 15) is 8.42 Å². The van der Waals surface area contributed by atoms with Crippen molar-refractivity contribution in [2.75, 3.05) is 38.0 Å². The first-order valence-corrected chi connectivity index (χ1v) is 14.0. The molecule has 0 bridgehead atoms. The van der Waals surface area contributed by atoms with E-state index in [0.717, 1.165) is 44.3 Å². The average molecular weight is 528 g/mol. The van der Waals surface area contributed by atoms with Crippen molar-refractivity contribution in [2.24, 2.45) is 0 Å². The van der Waals surface area contributed by atoms with E-state index in [1.165, 1.54) is 44.2 Å². The Kier molecular flexibility index (Phi) is 7.43. The van der Waals surface area contributed by atoms with Gasteiger partial charge in [0.2, 0.25) is 5.88 Å². The molecule has 0 radical (unpaired) electrons. The van der Waals surface area contributed by atoms with Crippen molar-refractivity contribution < 1.29 is 13.2 Å². The highest BCUT2D eigenvalue weighted by Crippen LogP contribution is 2.28. The van der Waals surface area contributed by atoms with Crippen LogP contribution in [0.25, 0.3) is 11.3 Å². The van der Waals surface area contributed by atoms with Crippen LogP contribution in [-0.2, 0) is 16.6 Å². The zero-order chi connectivity index (χ0) is 25.1. The molecule has 1 saturated heterocycles. The smallest absolute Gasteiger partial charge is 0.267 e. The van der Waals surface area contributed by atoms with Gasteiger partial charge in [-0.1, -0.05) is 42.3 Å². The second-order valence-electron chi connectivity index (χ2n) is 9.29. The first-order valence-electron chi connectivity index (χ1n) is 12.2. The average Bonchev–Trinajstić information content (AvgIpc) is 2.84. The van der Waals surface area contributed by atoms with Crippen LogP contribution in [0.3, 0.4) is 0 Å². The van der Waals surface area contributed by atoms with Gasteiger partial charge in [-0.05, 0) is 36.6 Å². The summed E-state index contributed by atoms with van der Waals surface area (Å²) in [4.78, 5) is 13.4. The Bertz CT molecular complexity index is 1310. The number of methoxy groups -OCH3 is 1. The number of ether oxygens (including phenoxy) is 1. The molecule has 190 valence electrons. The molecule has 2 fully saturated rings. The normalized spacial score (nSPS) is 17.5. The largest absolute Gasteiger partial charge is 0.480 e. The molecule has 1 N–H and O–H groups in total. The minimum Gasteiger partial charge on any atom is -0.480 e. The van der Waals surface area contributed by atoms with Crippen molar-refractivity contribution >= 4 is 27.3 Å². The summed E-state index contributed by atoms with van der Waals surface area (Å²) in [6, 6.07) is 13.7. The van der Waals surface area contributed by atoms with Crippen molar-refractivity contribution in [1.29, 1.82) is 0 Å². The highest BCUT2D eigenvalue weighted by Gasteiger charge is 2.27. The number of rotatable bonds is 8. The molecule has 1 saturated carbocycles. The number of anilines is 1. The lowest BCUT2D eigenvalue weighted by atomic mass is 9.91. The fraction of sp³-hybridized carbons (Fsp3) is 0.385. The van der Waals surface area contributed by atoms with Crippen LogP contribution < -0.4 is 9.46 Å². The van der Waals surface area contributed by atoms with Gasteiger partial charge < -0.3 is 4.74 Å². The van der Waals surface area contributed by atoms with E-state index in [1.807, 2.05) is 12.1 Å². The monoisotopic (exact) mass is 527 g/mol. The Morgan fingerprint density at radius 1 is 1.06 bits per heavy atom. The number of sulfonamides is 1. The summed E-state index contributed by atoms with van der Waals surface area (Å²) < 4.78 is 33.6. The molecule has 0 unspecified atom stereocenters. The van der Waals surface area contributed by atoms with E-state index in [1.54, 1.807) is 18.3 Å². The molecule has 1 aromatic carbocycles. The number of nitrogens with zero attached hydrogens (tertiary/aromatic N) is 4. The molecule has 0 atom stereocenters. The molecule has 3 heterocycles. The number of halogens is 1. The van der Waals surface area contributed by atoms with Crippen LogP contribution in [0.1, 0.15) is 24.8 Å². The molecule has 0 spiro atoms. The Morgan fingerprint density at radius 3 is 2.47 bits per heavy atom. The molecule has 3 aromatic rings. The van der Waals surface area contributed by atoms with Gasteiger partial charge in [-0.25, -0.2) is 13.4 Å². The van der Waals surface area contributed by atoms with Gasteiger partial charge in [0.15, 0.2) is 4.90 Å². The number of benzene rings is 1. The SMILES string of the molecule is COc1ncc(Cl)cc1S(=O)(=O)Nc1ccnc(-c2ccc(CN3CCN(C4CCC4)CC3)cc2)c1. The Morgan fingerprint density at radius 2 is 1.81 bits per heavy atom. The molecular weight excluding hydrogens is 498 g/mol. The molecule has 10 heteroatoms. The van der Waals surface area contributed by atoms with Gasteiger partial charge in [-0.15, -0.1) is 0 Å². The highest BCUT2D eigenvalue weighted by molar-refractivity contribution is 7.92. The molecule has 8 nitrogen and oxygen atoms in total. The summed E-state index contributed by atoms with van der Waals surface area (Å²) in [5, 5.41) is 0.201. The summed E-state index contributed by atoms with van der Waals surface area (Å²) in [5.41, 5.74) is 3.23. The summed E-state index contributed by atoms with van der Waals surface area (Å²) in [7, 11) is -2.61. The molecule has 2 aliphatic rings. The number of nitrogens with one attached hydrogen (secondary N) is 1. The maximum atomic E-state index is 13.0. The van der Waals surface area contributed by atoms with E-state index in [-0.39, 0.29) is 15.8 Å². The Balaban J connectivity index is 1.24. The molecule has 1 aliphatic heterocycles. The number of aromatic nitrogens is 2. The van der Waals surface area contributed by atoms with Gasteiger partial charge in [0.25, 0.3) is 10.0 Å². The predicted octanol–water partition coefficient (Wildman–Crippen LogP) is 4.28. The molecule has 1 aliphatic carbocycles. The molecular formula is C26H30ClN5O3S. The third kappa shape index (κ3) is 5.64. The van der Waals surface area contributed by atoms with Crippen LogP contribution in [0.2, 0.25) is 5.02 Å². The van der Waals surface area contributed by atoms with Gasteiger partial charge in [-0.2, -0.15) is 0 Å². The molecule has 2 aromatic heterocycles. The number of pyridine rings is 2. The zero-order valence-electron chi connectivity index (χ0n) is 20.2. The zero-order valence-corrected chi connectivity index (χ0v) is 21.8. The standard InChI is InChI=1S/C26H30ClN5O3S/c1-35-26-25(15-21(27)17-29-26)36(33,34)30-22-9-10-28-24(16-22)20-7-5-19(6-8-20)18-31-11-13-32(14-12-31)23-3-2-4-23/h5-10,15-17,23H,2-4,11-14,18H2,1H3,(H,28,30). The number of piperazine rings is 1. The predicted molar refractivity (Wildman–Crippen MR) is 141 cm³/mol. The van der Waals surface area contributed by atoms with E-state index < -0.39 is 10.0 Å². The van der Waals surface area contributed by atoms with Crippen LogP contribution >= 0.6 is 11.6 Å². The first kappa shape index (κ1) is 25.0. The number of hydrogen-bond acceptors (Lipinski definition) is 7. The van der Waals surface area contributed by atoms with E-state index >= 15 is 0 Å². The van der Waals surface area contributed by atoms with E-state index in [0.29, 0.717) is 11.4 Å². The fourth-order valence-corrected chi connectivity index (χ4v) is 6.11. The van der Waals surface area contributed by atoms with E-state index in [2.05, 4.69) is 36.6 Å². The van der Waals surface area contributed by atoms with E-state index in [4.69, 9.17) is 16.3 Å². The second-order valence-corrected chi connectivity index (χ2v) is 11.4. The lowest BCUT2D eigenvalue weighted by molar-refractivity contribution is 0.0587. The van der Waals surface area contributed by atoms with Crippen LogP contribution in [0, 0.1) is 0 Å². The Hall–Kier alpha value is -2.72. The third-order valence-electron chi connectivity index (χ3n) is 6.93. The van der Waals surface area contributed by atoms with Crippen LogP contribution in [0.4, 0.5) is 5.69 Å². The van der Waals surface area contributed by atoms with Gasteiger partial charge in [0, 0.05) is 56.7 Å². The maximum absolute atomic E-state index is 13.0. The van der Waals surface area contributed by atoms with Gasteiger partial charge in [-0.3, -0.25) is 19.5 Å². The van der Waals surface area contributed by atoms with Gasteiger partial charge in [0.1, 0.15) is 0 Å². The van der Waals surface area contributed by atoms with Crippen molar-refractivity contribution in [2.45, 2.75) is 36.7 Å². The maximum Gasteiger partial charge on any atom is 0.267 e. The Labute approximate surface area is 217 Å². The van der Waals surface area contributed by atoms with Gasteiger partial charge in [0.05, 0.1) is 23.5 Å². The second kappa shape index (κ2) is 10.7. The lowest BCUT2D eigenvalue weighted by Gasteiger charge is -2.43. The molecule has 5 rings (SSSR count). The van der Waals surface area contributed by atoms with Crippen molar-refractivity contribution in [1.82, 2.24) is 19.8 Å². The number of hydrogen-bond donors (Lipinski definition) is 1. The quantitative estimate of drug-likeness (QED) is 0.468. The summed E-state index contributed by atoms with van der Waals surface area (Å²) in [6.07, 6.45) is 7.03. The lowest BCUT2D eigenvalue weighted by Crippen LogP contribution is -2.51. The van der Waals surface area contributed by atoms with Crippen molar-refractivity contribution in [3.8, 4) is 17.1 Å². The minimum absolute atomic E-state index is 0.0266. The van der Waals surface area contributed by atoms with Gasteiger partial charge >= 0.3 is 0 Å². The topological polar surface area (TPSA) is 87.7 Å². The van der Waals surface area contributed by atoms with Crippen LogP contribution in [0.15, 0.2) is 59.8 Å².